The van der Waals surface area contributed by atoms with Crippen LogP contribution in [0.3, 0.4) is 0 Å². The van der Waals surface area contributed by atoms with Crippen molar-refractivity contribution < 1.29 is 18.0 Å². The van der Waals surface area contributed by atoms with Gasteiger partial charge in [-0.2, -0.15) is 0 Å². The Morgan fingerprint density at radius 2 is 1.56 bits per heavy atom. The molecule has 0 bridgehead atoms. The van der Waals surface area contributed by atoms with Crippen LogP contribution in [0.15, 0.2) is 78.9 Å². The van der Waals surface area contributed by atoms with Crippen molar-refractivity contribution in [2.45, 2.75) is 76.9 Å². The van der Waals surface area contributed by atoms with Crippen LogP contribution >= 0.6 is 11.6 Å². The van der Waals surface area contributed by atoms with E-state index in [9.17, 15) is 18.0 Å². The number of nitrogens with zero attached hydrogens (tertiary/aromatic N) is 2. The molecule has 3 aromatic carbocycles. The van der Waals surface area contributed by atoms with E-state index in [4.69, 9.17) is 11.6 Å². The SMILES string of the molecule is CC(C)c1ccccc1N(CC(=O)N(Cc1cccc(Cl)c1)[C@@H](Cc1ccccc1)C(=O)NC1CCCCC1)S(C)(=O)=O. The third-order valence-electron chi connectivity index (χ3n) is 7.97. The van der Waals surface area contributed by atoms with Gasteiger partial charge in [0.1, 0.15) is 12.6 Å². The van der Waals surface area contributed by atoms with Gasteiger partial charge >= 0.3 is 0 Å². The van der Waals surface area contributed by atoms with Crippen molar-refractivity contribution in [3.05, 3.63) is 101 Å². The van der Waals surface area contributed by atoms with Gasteiger partial charge in [-0.3, -0.25) is 13.9 Å². The van der Waals surface area contributed by atoms with E-state index in [2.05, 4.69) is 5.32 Å². The van der Waals surface area contributed by atoms with Crippen LogP contribution in [-0.2, 0) is 32.6 Å². The van der Waals surface area contributed by atoms with Gasteiger partial charge in [0.15, 0.2) is 0 Å². The summed E-state index contributed by atoms with van der Waals surface area (Å²) in [6.07, 6.45) is 6.46. The highest BCUT2D eigenvalue weighted by Crippen LogP contribution is 2.29. The second kappa shape index (κ2) is 14.9. The van der Waals surface area contributed by atoms with Gasteiger partial charge in [-0.25, -0.2) is 8.42 Å². The Kier molecular flexibility index (Phi) is 11.3. The van der Waals surface area contributed by atoms with Gasteiger partial charge in [-0.15, -0.1) is 0 Å². The van der Waals surface area contributed by atoms with Gasteiger partial charge < -0.3 is 10.2 Å². The van der Waals surface area contributed by atoms with Crippen molar-refractivity contribution in [1.29, 1.82) is 0 Å². The lowest BCUT2D eigenvalue weighted by Crippen LogP contribution is -2.55. The third-order valence-corrected chi connectivity index (χ3v) is 9.33. The van der Waals surface area contributed by atoms with E-state index in [1.165, 1.54) is 4.90 Å². The Labute approximate surface area is 261 Å². The van der Waals surface area contributed by atoms with Gasteiger partial charge in [0.2, 0.25) is 21.8 Å². The van der Waals surface area contributed by atoms with Gasteiger partial charge in [0.25, 0.3) is 0 Å². The summed E-state index contributed by atoms with van der Waals surface area (Å²) in [6, 6.07) is 23.2. The molecule has 0 unspecified atom stereocenters. The normalized spacial score (nSPS) is 14.7. The van der Waals surface area contributed by atoms with E-state index in [0.717, 1.165) is 59.4 Å². The fourth-order valence-electron chi connectivity index (χ4n) is 5.73. The summed E-state index contributed by atoms with van der Waals surface area (Å²) < 4.78 is 27.5. The molecule has 1 aliphatic rings. The van der Waals surface area contributed by atoms with Crippen LogP contribution in [0.5, 0.6) is 0 Å². The third kappa shape index (κ3) is 9.07. The van der Waals surface area contributed by atoms with E-state index in [1.54, 1.807) is 30.3 Å². The van der Waals surface area contributed by atoms with E-state index < -0.39 is 28.5 Å². The Bertz CT molecular complexity index is 1490. The molecule has 1 saturated carbocycles. The lowest BCUT2D eigenvalue weighted by atomic mass is 9.94. The van der Waals surface area contributed by atoms with Crippen molar-refractivity contribution >= 4 is 39.1 Å². The van der Waals surface area contributed by atoms with Crippen LogP contribution in [0, 0.1) is 0 Å². The minimum Gasteiger partial charge on any atom is -0.352 e. The van der Waals surface area contributed by atoms with Gasteiger partial charge in [-0.05, 0) is 53.6 Å². The molecule has 1 atom stereocenters. The van der Waals surface area contributed by atoms with E-state index in [-0.39, 0.29) is 30.8 Å². The zero-order valence-corrected chi connectivity index (χ0v) is 26.8. The molecular weight excluding hydrogens is 582 g/mol. The predicted octanol–water partition coefficient (Wildman–Crippen LogP) is 6.32. The van der Waals surface area contributed by atoms with Crippen LogP contribution in [0.1, 0.15) is 68.6 Å². The number of nitrogens with one attached hydrogen (secondary N) is 1. The first kappa shape index (κ1) is 32.6. The van der Waals surface area contributed by atoms with Crippen LogP contribution in [-0.4, -0.2) is 50.0 Å². The smallest absolute Gasteiger partial charge is 0.244 e. The molecule has 1 fully saturated rings. The van der Waals surface area contributed by atoms with Crippen LogP contribution in [0.2, 0.25) is 5.02 Å². The number of carbonyl (C=O) groups is 2. The minimum atomic E-state index is -3.85. The first-order chi connectivity index (χ1) is 20.5. The number of hydrogen-bond acceptors (Lipinski definition) is 4. The molecule has 0 spiro atoms. The van der Waals surface area contributed by atoms with E-state index >= 15 is 0 Å². The highest BCUT2D eigenvalue weighted by Gasteiger charge is 2.34. The Morgan fingerprint density at radius 1 is 0.907 bits per heavy atom. The molecule has 2 amide bonds. The van der Waals surface area contributed by atoms with Crippen molar-refractivity contribution in [3.63, 3.8) is 0 Å². The fraction of sp³-hybridized carbons (Fsp3) is 0.412. The summed E-state index contributed by atoms with van der Waals surface area (Å²) in [4.78, 5) is 30.0. The first-order valence-corrected chi connectivity index (χ1v) is 17.2. The van der Waals surface area contributed by atoms with Crippen LogP contribution in [0.25, 0.3) is 0 Å². The highest BCUT2D eigenvalue weighted by molar-refractivity contribution is 7.92. The largest absolute Gasteiger partial charge is 0.352 e. The van der Waals surface area contributed by atoms with Gasteiger partial charge in [0, 0.05) is 24.0 Å². The molecule has 0 saturated heterocycles. The number of halogens is 1. The maximum atomic E-state index is 14.4. The standard InChI is InChI=1S/C34H42ClN3O4S/c1-25(2)30-19-10-11-20-31(30)38(43(3,41)42)24-33(39)37(23-27-15-12-16-28(35)21-27)32(22-26-13-6-4-7-14-26)34(40)36-29-17-8-5-9-18-29/h4,6-7,10-16,19-21,25,29,32H,5,8-9,17-18,22-24H2,1-3H3,(H,36,40)/t32-/m0/s1. The minimum absolute atomic E-state index is 0.0326. The second-order valence-corrected chi connectivity index (χ2v) is 14.0. The maximum absolute atomic E-state index is 14.4. The van der Waals surface area contributed by atoms with Crippen molar-refractivity contribution in [1.82, 2.24) is 10.2 Å². The maximum Gasteiger partial charge on any atom is 0.244 e. The highest BCUT2D eigenvalue weighted by atomic mass is 35.5. The lowest BCUT2D eigenvalue weighted by molar-refractivity contribution is -0.140. The number of anilines is 1. The number of benzene rings is 3. The average Bonchev–Trinajstić information content (AvgIpc) is 2.98. The summed E-state index contributed by atoms with van der Waals surface area (Å²) >= 11 is 6.31. The Hall–Kier alpha value is -3.36. The van der Waals surface area contributed by atoms with Gasteiger partial charge in [-0.1, -0.05) is 105 Å². The fourth-order valence-corrected chi connectivity index (χ4v) is 6.81. The lowest BCUT2D eigenvalue weighted by Gasteiger charge is -2.35. The summed E-state index contributed by atoms with van der Waals surface area (Å²) in [5.41, 5.74) is 2.93. The molecule has 1 aliphatic carbocycles. The molecule has 0 aromatic heterocycles. The number of carbonyl (C=O) groups excluding carboxylic acids is 2. The molecule has 4 rings (SSSR count). The van der Waals surface area contributed by atoms with Crippen molar-refractivity contribution in [2.24, 2.45) is 0 Å². The van der Waals surface area contributed by atoms with Gasteiger partial charge in [0.05, 0.1) is 11.9 Å². The topological polar surface area (TPSA) is 86.8 Å². The summed E-state index contributed by atoms with van der Waals surface area (Å²) in [5, 5.41) is 3.73. The number of amides is 2. The summed E-state index contributed by atoms with van der Waals surface area (Å²) in [5.74, 6) is -0.673. The zero-order valence-electron chi connectivity index (χ0n) is 25.2. The summed E-state index contributed by atoms with van der Waals surface area (Å²) in [6.45, 7) is 3.62. The van der Waals surface area contributed by atoms with E-state index in [0.29, 0.717) is 10.7 Å². The zero-order chi connectivity index (χ0) is 31.0. The van der Waals surface area contributed by atoms with Crippen molar-refractivity contribution in [3.8, 4) is 0 Å². The Morgan fingerprint density at radius 3 is 2.21 bits per heavy atom. The number of rotatable bonds is 12. The molecule has 3 aromatic rings. The molecule has 9 heteroatoms. The molecule has 0 aliphatic heterocycles. The van der Waals surface area contributed by atoms with Crippen LogP contribution in [0.4, 0.5) is 5.69 Å². The molecular formula is C34H42ClN3O4S. The van der Waals surface area contributed by atoms with E-state index in [1.807, 2.05) is 62.4 Å². The quantitative estimate of drug-likeness (QED) is 0.256. The summed E-state index contributed by atoms with van der Waals surface area (Å²) in [7, 11) is -3.85. The molecule has 0 radical (unpaired) electrons. The monoisotopic (exact) mass is 623 g/mol. The second-order valence-electron chi connectivity index (χ2n) is 11.7. The van der Waals surface area contributed by atoms with Crippen molar-refractivity contribution in [2.75, 3.05) is 17.1 Å². The molecule has 43 heavy (non-hydrogen) atoms. The molecule has 230 valence electrons. The first-order valence-electron chi connectivity index (χ1n) is 15.0. The van der Waals surface area contributed by atoms with Crippen LogP contribution < -0.4 is 9.62 Å². The number of hydrogen-bond donors (Lipinski definition) is 1. The number of para-hydroxylation sites is 1. The predicted molar refractivity (Wildman–Crippen MR) is 174 cm³/mol. The molecule has 7 nitrogen and oxygen atoms in total. The number of sulfonamides is 1. The Balaban J connectivity index is 1.75. The molecule has 1 N–H and O–H groups in total. The average molecular weight is 624 g/mol. The molecule has 0 heterocycles.